The number of nitrogens with two attached hydrogens (primary N) is 1. The van der Waals surface area contributed by atoms with Crippen molar-refractivity contribution in [3.05, 3.63) is 52.0 Å². The van der Waals surface area contributed by atoms with Crippen LogP contribution in [0.5, 0.6) is 0 Å². The van der Waals surface area contributed by atoms with Crippen LogP contribution in [0, 0.1) is 5.82 Å². The number of thiophene rings is 1. The highest BCUT2D eigenvalue weighted by molar-refractivity contribution is 7.07. The first-order valence-electron chi connectivity index (χ1n) is 5.01. The zero-order valence-electron chi connectivity index (χ0n) is 8.74. The Morgan fingerprint density at radius 3 is 2.81 bits per heavy atom. The van der Waals surface area contributed by atoms with Crippen LogP contribution < -0.4 is 11.1 Å². The van der Waals surface area contributed by atoms with Crippen LogP contribution in [0.15, 0.2) is 35.0 Å². The van der Waals surface area contributed by atoms with Gasteiger partial charge in [0.25, 0.3) is 0 Å². The van der Waals surface area contributed by atoms with Crippen molar-refractivity contribution in [2.24, 2.45) is 0 Å². The third kappa shape index (κ3) is 2.81. The maximum atomic E-state index is 13.4. The van der Waals surface area contributed by atoms with E-state index in [9.17, 15) is 4.39 Å². The molecule has 0 aliphatic carbocycles. The Morgan fingerprint density at radius 2 is 2.12 bits per heavy atom. The molecule has 1 aromatic carbocycles. The Kier molecular flexibility index (Phi) is 3.54. The van der Waals surface area contributed by atoms with E-state index >= 15 is 0 Å². The van der Waals surface area contributed by atoms with Gasteiger partial charge in [-0.2, -0.15) is 11.3 Å². The third-order valence-corrected chi connectivity index (χ3v) is 3.03. The Bertz CT molecular complexity index is 454. The molecule has 4 heteroatoms. The van der Waals surface area contributed by atoms with Crippen LogP contribution in [0.3, 0.4) is 0 Å². The standard InChI is InChI=1S/C12H13FN2S/c13-12-5-11(14)2-1-10(12)7-15-6-9-3-4-16-8-9/h1-5,8,15H,6-7,14H2. The van der Waals surface area contributed by atoms with Gasteiger partial charge in [-0.25, -0.2) is 4.39 Å². The molecule has 0 bridgehead atoms. The van der Waals surface area contributed by atoms with Gasteiger partial charge in [0.2, 0.25) is 0 Å². The van der Waals surface area contributed by atoms with Crippen molar-refractivity contribution in [1.82, 2.24) is 5.32 Å². The first-order chi connectivity index (χ1) is 7.75. The van der Waals surface area contributed by atoms with Crippen LogP contribution in [0.2, 0.25) is 0 Å². The monoisotopic (exact) mass is 236 g/mol. The van der Waals surface area contributed by atoms with Gasteiger partial charge in [0.15, 0.2) is 0 Å². The summed E-state index contributed by atoms with van der Waals surface area (Å²) in [5.41, 5.74) is 7.80. The zero-order chi connectivity index (χ0) is 11.4. The Hall–Kier alpha value is -1.39. The number of nitrogens with one attached hydrogen (secondary N) is 1. The molecule has 0 fully saturated rings. The van der Waals surface area contributed by atoms with Crippen LogP contribution in [0.1, 0.15) is 11.1 Å². The molecule has 0 amide bonds. The lowest BCUT2D eigenvalue weighted by molar-refractivity contribution is 0.589. The average molecular weight is 236 g/mol. The summed E-state index contributed by atoms with van der Waals surface area (Å²) in [6, 6.07) is 6.83. The van der Waals surface area contributed by atoms with E-state index in [2.05, 4.69) is 16.8 Å². The summed E-state index contributed by atoms with van der Waals surface area (Å²) < 4.78 is 13.4. The number of benzene rings is 1. The number of halogens is 1. The molecule has 2 nitrogen and oxygen atoms in total. The van der Waals surface area contributed by atoms with E-state index in [4.69, 9.17) is 5.73 Å². The predicted molar refractivity (Wildman–Crippen MR) is 65.7 cm³/mol. The van der Waals surface area contributed by atoms with Crippen LogP contribution in [-0.2, 0) is 13.1 Å². The normalized spacial score (nSPS) is 10.6. The molecule has 1 heterocycles. The van der Waals surface area contributed by atoms with Gasteiger partial charge in [-0.15, -0.1) is 0 Å². The van der Waals surface area contributed by atoms with Gasteiger partial charge in [0, 0.05) is 24.3 Å². The minimum Gasteiger partial charge on any atom is -0.399 e. The number of rotatable bonds is 4. The summed E-state index contributed by atoms with van der Waals surface area (Å²) in [6.45, 7) is 1.27. The lowest BCUT2D eigenvalue weighted by Crippen LogP contribution is -2.13. The SMILES string of the molecule is Nc1ccc(CNCc2ccsc2)c(F)c1. The van der Waals surface area contributed by atoms with Crippen molar-refractivity contribution in [2.75, 3.05) is 5.73 Å². The number of nitrogen functional groups attached to an aromatic ring is 1. The van der Waals surface area contributed by atoms with E-state index in [1.807, 2.05) is 5.38 Å². The molecule has 2 rings (SSSR count). The lowest BCUT2D eigenvalue weighted by Gasteiger charge is -2.05. The van der Waals surface area contributed by atoms with Gasteiger partial charge >= 0.3 is 0 Å². The molecule has 0 unspecified atom stereocenters. The van der Waals surface area contributed by atoms with Crippen molar-refractivity contribution < 1.29 is 4.39 Å². The summed E-state index contributed by atoms with van der Waals surface area (Å²) >= 11 is 1.66. The Labute approximate surface area is 97.9 Å². The maximum Gasteiger partial charge on any atom is 0.129 e. The molecule has 0 spiro atoms. The van der Waals surface area contributed by atoms with E-state index in [0.29, 0.717) is 17.8 Å². The first-order valence-corrected chi connectivity index (χ1v) is 5.95. The smallest absolute Gasteiger partial charge is 0.129 e. The molecular weight excluding hydrogens is 223 g/mol. The van der Waals surface area contributed by atoms with Gasteiger partial charge in [0.05, 0.1) is 0 Å². The zero-order valence-corrected chi connectivity index (χ0v) is 9.56. The summed E-state index contributed by atoms with van der Waals surface area (Å²) in [7, 11) is 0. The van der Waals surface area contributed by atoms with E-state index in [-0.39, 0.29) is 5.82 Å². The van der Waals surface area contributed by atoms with E-state index in [1.54, 1.807) is 23.5 Å². The predicted octanol–water partition coefficient (Wildman–Crippen LogP) is 2.76. The Balaban J connectivity index is 1.90. The summed E-state index contributed by atoms with van der Waals surface area (Å²) in [5, 5.41) is 7.29. The summed E-state index contributed by atoms with van der Waals surface area (Å²) in [5.74, 6) is -0.252. The highest BCUT2D eigenvalue weighted by Crippen LogP contribution is 2.12. The van der Waals surface area contributed by atoms with Crippen LogP contribution in [0.25, 0.3) is 0 Å². The van der Waals surface area contributed by atoms with Gasteiger partial charge in [0.1, 0.15) is 5.82 Å². The number of hydrogen-bond acceptors (Lipinski definition) is 3. The third-order valence-electron chi connectivity index (χ3n) is 2.30. The van der Waals surface area contributed by atoms with Gasteiger partial charge in [-0.3, -0.25) is 0 Å². The van der Waals surface area contributed by atoms with Crippen LogP contribution >= 0.6 is 11.3 Å². The van der Waals surface area contributed by atoms with Gasteiger partial charge in [-0.1, -0.05) is 6.07 Å². The minimum absolute atomic E-state index is 0.252. The second-order valence-electron chi connectivity index (χ2n) is 3.59. The summed E-state index contributed by atoms with van der Waals surface area (Å²) in [4.78, 5) is 0. The molecule has 2 aromatic rings. The molecule has 0 aliphatic heterocycles. The molecule has 3 N–H and O–H groups in total. The van der Waals surface area contributed by atoms with Crippen LogP contribution in [0.4, 0.5) is 10.1 Å². The van der Waals surface area contributed by atoms with E-state index in [1.165, 1.54) is 11.6 Å². The van der Waals surface area contributed by atoms with Crippen molar-refractivity contribution >= 4 is 17.0 Å². The molecule has 16 heavy (non-hydrogen) atoms. The van der Waals surface area contributed by atoms with E-state index < -0.39 is 0 Å². The highest BCUT2D eigenvalue weighted by Gasteiger charge is 2.01. The molecule has 0 saturated carbocycles. The van der Waals surface area contributed by atoms with Gasteiger partial charge in [-0.05, 0) is 34.5 Å². The molecule has 84 valence electrons. The fourth-order valence-corrected chi connectivity index (χ4v) is 2.11. The van der Waals surface area contributed by atoms with Crippen molar-refractivity contribution in [2.45, 2.75) is 13.1 Å². The van der Waals surface area contributed by atoms with E-state index in [0.717, 1.165) is 6.54 Å². The molecule has 0 radical (unpaired) electrons. The fourth-order valence-electron chi connectivity index (χ4n) is 1.44. The largest absolute Gasteiger partial charge is 0.399 e. The number of anilines is 1. The maximum absolute atomic E-state index is 13.4. The van der Waals surface area contributed by atoms with Crippen molar-refractivity contribution in [1.29, 1.82) is 0 Å². The highest BCUT2D eigenvalue weighted by atomic mass is 32.1. The van der Waals surface area contributed by atoms with Crippen molar-refractivity contribution in [3.8, 4) is 0 Å². The quantitative estimate of drug-likeness (QED) is 0.801. The first kappa shape index (κ1) is 11.1. The topological polar surface area (TPSA) is 38.0 Å². The second-order valence-corrected chi connectivity index (χ2v) is 4.37. The summed E-state index contributed by atoms with van der Waals surface area (Å²) in [6.07, 6.45) is 0. The molecule has 0 saturated heterocycles. The second kappa shape index (κ2) is 5.09. The van der Waals surface area contributed by atoms with Gasteiger partial charge < -0.3 is 11.1 Å². The molecule has 1 aromatic heterocycles. The minimum atomic E-state index is -0.252. The fraction of sp³-hybridized carbons (Fsp3) is 0.167. The lowest BCUT2D eigenvalue weighted by atomic mass is 10.2. The number of hydrogen-bond donors (Lipinski definition) is 2. The molecule has 0 atom stereocenters. The molecule has 0 aliphatic rings. The average Bonchev–Trinajstić information content (AvgIpc) is 2.74. The Morgan fingerprint density at radius 1 is 1.25 bits per heavy atom. The van der Waals surface area contributed by atoms with Crippen molar-refractivity contribution in [3.63, 3.8) is 0 Å². The van der Waals surface area contributed by atoms with Crippen LogP contribution in [-0.4, -0.2) is 0 Å². The molecular formula is C12H13FN2S.